The smallest absolute Gasteiger partial charge is 0.416 e. The van der Waals surface area contributed by atoms with Gasteiger partial charge in [-0.15, -0.1) is 0 Å². The van der Waals surface area contributed by atoms with Crippen molar-refractivity contribution in [2.75, 3.05) is 11.9 Å². The van der Waals surface area contributed by atoms with E-state index in [1.807, 2.05) is 18.2 Å². The highest BCUT2D eigenvalue weighted by atomic mass is 35.5. The topological polar surface area (TPSA) is 55.4 Å². The summed E-state index contributed by atoms with van der Waals surface area (Å²) in [5.74, 6) is -1.37. The van der Waals surface area contributed by atoms with Crippen LogP contribution in [0.3, 0.4) is 0 Å². The number of fused-ring (bicyclic) bond motifs is 1. The van der Waals surface area contributed by atoms with Crippen molar-refractivity contribution in [3.05, 3.63) is 63.7 Å². The Balaban J connectivity index is 1.53. The quantitative estimate of drug-likeness (QED) is 0.733. The summed E-state index contributed by atoms with van der Waals surface area (Å²) in [5.41, 5.74) is 2.17. The van der Waals surface area contributed by atoms with E-state index in [4.69, 9.17) is 16.3 Å². The van der Waals surface area contributed by atoms with Crippen LogP contribution in [-0.2, 0) is 39.8 Å². The number of carbonyl (C=O) groups is 2. The molecule has 0 aromatic heterocycles. The number of rotatable bonds is 5. The molecule has 0 spiro atoms. The van der Waals surface area contributed by atoms with Crippen molar-refractivity contribution in [1.29, 1.82) is 0 Å². The first-order valence-electron chi connectivity index (χ1n) is 8.65. The normalized spacial score (nSPS) is 13.1. The van der Waals surface area contributed by atoms with Crippen LogP contribution in [0.2, 0.25) is 5.02 Å². The number of aryl methyl sites for hydroxylation is 2. The molecule has 1 N–H and O–H groups in total. The van der Waals surface area contributed by atoms with Gasteiger partial charge in [-0.2, -0.15) is 13.2 Å². The average Bonchev–Trinajstić information content (AvgIpc) is 3.08. The minimum atomic E-state index is -4.56. The van der Waals surface area contributed by atoms with Crippen molar-refractivity contribution in [2.45, 2.75) is 31.9 Å². The van der Waals surface area contributed by atoms with Crippen molar-refractivity contribution < 1.29 is 27.5 Å². The molecule has 1 aliphatic carbocycles. The molecule has 0 unspecified atom stereocenters. The molecule has 4 nitrogen and oxygen atoms in total. The maximum absolute atomic E-state index is 12.8. The number of alkyl halides is 3. The maximum Gasteiger partial charge on any atom is 0.416 e. The van der Waals surface area contributed by atoms with E-state index in [0.717, 1.165) is 43.0 Å². The molecule has 0 saturated carbocycles. The van der Waals surface area contributed by atoms with Crippen LogP contribution in [0, 0.1) is 0 Å². The molecular formula is C20H17ClF3NO3. The van der Waals surface area contributed by atoms with Gasteiger partial charge < -0.3 is 10.1 Å². The van der Waals surface area contributed by atoms with Gasteiger partial charge in [0.05, 0.1) is 22.7 Å². The third-order valence-electron chi connectivity index (χ3n) is 4.44. The summed E-state index contributed by atoms with van der Waals surface area (Å²) in [6.45, 7) is -0.615. The van der Waals surface area contributed by atoms with Gasteiger partial charge in [-0.3, -0.25) is 9.59 Å². The molecule has 0 saturated heterocycles. The number of anilines is 1. The van der Waals surface area contributed by atoms with Gasteiger partial charge in [-0.1, -0.05) is 29.8 Å². The van der Waals surface area contributed by atoms with E-state index in [2.05, 4.69) is 5.32 Å². The predicted octanol–water partition coefficient (Wildman–Crippen LogP) is 4.57. The fraction of sp³-hybridized carbons (Fsp3) is 0.300. The number of ether oxygens (including phenoxy) is 1. The van der Waals surface area contributed by atoms with E-state index in [1.54, 1.807) is 0 Å². The Hall–Kier alpha value is -2.54. The van der Waals surface area contributed by atoms with Gasteiger partial charge in [-0.25, -0.2) is 0 Å². The lowest BCUT2D eigenvalue weighted by atomic mass is 10.0. The zero-order chi connectivity index (χ0) is 20.3. The number of carbonyl (C=O) groups excluding carboxylic acids is 2. The Morgan fingerprint density at radius 2 is 1.82 bits per heavy atom. The molecule has 2 aromatic carbocycles. The van der Waals surface area contributed by atoms with Crippen molar-refractivity contribution >= 4 is 29.2 Å². The molecule has 8 heteroatoms. The molecule has 0 atom stereocenters. The van der Waals surface area contributed by atoms with Crippen LogP contribution in [0.15, 0.2) is 36.4 Å². The SMILES string of the molecule is O=C(COC(=O)Cc1ccc2c(c1)CCC2)Nc1cc(C(F)(F)F)ccc1Cl. The second kappa shape index (κ2) is 8.22. The lowest BCUT2D eigenvalue weighted by Crippen LogP contribution is -2.22. The van der Waals surface area contributed by atoms with Crippen LogP contribution in [0.25, 0.3) is 0 Å². The molecule has 0 radical (unpaired) electrons. The minimum Gasteiger partial charge on any atom is -0.455 e. The fourth-order valence-corrected chi connectivity index (χ4v) is 3.25. The summed E-state index contributed by atoms with van der Waals surface area (Å²) in [7, 11) is 0. The van der Waals surface area contributed by atoms with Gasteiger partial charge >= 0.3 is 12.1 Å². The zero-order valence-corrected chi connectivity index (χ0v) is 15.5. The molecule has 0 bridgehead atoms. The first-order valence-corrected chi connectivity index (χ1v) is 9.03. The van der Waals surface area contributed by atoms with Crippen molar-refractivity contribution in [1.82, 2.24) is 0 Å². The fourth-order valence-electron chi connectivity index (χ4n) is 3.08. The Morgan fingerprint density at radius 1 is 1.07 bits per heavy atom. The molecule has 0 aliphatic heterocycles. The van der Waals surface area contributed by atoms with Crippen molar-refractivity contribution in [3.8, 4) is 0 Å². The van der Waals surface area contributed by atoms with Gasteiger partial charge in [0.15, 0.2) is 6.61 Å². The molecular weight excluding hydrogens is 395 g/mol. The highest BCUT2D eigenvalue weighted by Gasteiger charge is 2.31. The summed E-state index contributed by atoms with van der Waals surface area (Å²) in [4.78, 5) is 23.9. The number of hydrogen-bond donors (Lipinski definition) is 1. The van der Waals surface area contributed by atoms with E-state index in [9.17, 15) is 22.8 Å². The third kappa shape index (κ3) is 5.04. The highest BCUT2D eigenvalue weighted by molar-refractivity contribution is 6.33. The van der Waals surface area contributed by atoms with Gasteiger partial charge in [0, 0.05) is 0 Å². The van der Waals surface area contributed by atoms with Crippen LogP contribution in [-0.4, -0.2) is 18.5 Å². The Kier molecular flexibility index (Phi) is 5.93. The van der Waals surface area contributed by atoms with Gasteiger partial charge in [-0.05, 0) is 54.2 Å². The van der Waals surface area contributed by atoms with Gasteiger partial charge in [0.1, 0.15) is 0 Å². The lowest BCUT2D eigenvalue weighted by molar-refractivity contribution is -0.146. The molecule has 0 fully saturated rings. The van der Waals surface area contributed by atoms with E-state index >= 15 is 0 Å². The summed E-state index contributed by atoms with van der Waals surface area (Å²) in [6, 6.07) is 8.40. The van der Waals surface area contributed by atoms with Crippen molar-refractivity contribution in [2.24, 2.45) is 0 Å². The number of benzene rings is 2. The summed E-state index contributed by atoms with van der Waals surface area (Å²) >= 11 is 5.82. The monoisotopic (exact) mass is 411 g/mol. The molecule has 2 aromatic rings. The van der Waals surface area contributed by atoms with E-state index < -0.39 is 30.2 Å². The molecule has 3 rings (SSSR count). The molecule has 28 heavy (non-hydrogen) atoms. The van der Waals surface area contributed by atoms with Crippen LogP contribution >= 0.6 is 11.6 Å². The maximum atomic E-state index is 12.8. The van der Waals surface area contributed by atoms with E-state index in [0.29, 0.717) is 0 Å². The highest BCUT2D eigenvalue weighted by Crippen LogP contribution is 2.33. The Morgan fingerprint density at radius 3 is 2.57 bits per heavy atom. The van der Waals surface area contributed by atoms with E-state index in [1.165, 1.54) is 11.1 Å². The number of nitrogens with one attached hydrogen (secondary N) is 1. The number of halogens is 4. The lowest BCUT2D eigenvalue weighted by Gasteiger charge is -2.12. The Bertz CT molecular complexity index is 912. The average molecular weight is 412 g/mol. The predicted molar refractivity (Wildman–Crippen MR) is 98.2 cm³/mol. The number of hydrogen-bond acceptors (Lipinski definition) is 3. The number of amides is 1. The molecule has 0 heterocycles. The van der Waals surface area contributed by atoms with Crippen LogP contribution < -0.4 is 5.32 Å². The summed E-state index contributed by atoms with van der Waals surface area (Å²) < 4.78 is 43.2. The molecule has 1 amide bonds. The molecule has 148 valence electrons. The van der Waals surface area contributed by atoms with Gasteiger partial charge in [0.2, 0.25) is 0 Å². The first-order chi connectivity index (χ1) is 13.2. The van der Waals surface area contributed by atoms with Crippen molar-refractivity contribution in [3.63, 3.8) is 0 Å². The number of esters is 1. The first kappa shape index (κ1) is 20.2. The van der Waals surface area contributed by atoms with Crippen LogP contribution in [0.4, 0.5) is 18.9 Å². The third-order valence-corrected chi connectivity index (χ3v) is 4.77. The summed E-state index contributed by atoms with van der Waals surface area (Å²) in [5, 5.41) is 2.18. The van der Waals surface area contributed by atoms with E-state index in [-0.39, 0.29) is 17.1 Å². The second-order valence-corrected chi connectivity index (χ2v) is 6.94. The summed E-state index contributed by atoms with van der Waals surface area (Å²) in [6.07, 6.45) is -1.42. The minimum absolute atomic E-state index is 0.0187. The molecule has 1 aliphatic rings. The standard InChI is InChI=1S/C20H17ClF3NO3/c21-16-7-6-15(20(22,23)24)10-17(16)25-18(26)11-28-19(27)9-12-4-5-13-2-1-3-14(13)8-12/h4-8,10H,1-3,9,11H2,(H,25,26). The van der Waals surface area contributed by atoms with Crippen LogP contribution in [0.1, 0.15) is 28.7 Å². The Labute approximate surface area is 164 Å². The second-order valence-electron chi connectivity index (χ2n) is 6.53. The largest absolute Gasteiger partial charge is 0.455 e. The zero-order valence-electron chi connectivity index (χ0n) is 14.7. The van der Waals surface area contributed by atoms with Gasteiger partial charge in [0.25, 0.3) is 5.91 Å². The van der Waals surface area contributed by atoms with Crippen LogP contribution in [0.5, 0.6) is 0 Å².